The van der Waals surface area contributed by atoms with Crippen molar-refractivity contribution >= 4 is 0 Å². The summed E-state index contributed by atoms with van der Waals surface area (Å²) in [6, 6.07) is 0.639. The molecular formula is C16H35NO3. The van der Waals surface area contributed by atoms with Gasteiger partial charge < -0.3 is 19.5 Å². The molecule has 0 saturated heterocycles. The van der Waals surface area contributed by atoms with Gasteiger partial charge in [0.25, 0.3) is 0 Å². The van der Waals surface area contributed by atoms with Crippen LogP contribution in [-0.2, 0) is 14.2 Å². The fraction of sp³-hybridized carbons (Fsp3) is 1.00. The second-order valence-corrected chi connectivity index (χ2v) is 5.00. The van der Waals surface area contributed by atoms with Crippen LogP contribution in [0.5, 0.6) is 0 Å². The fourth-order valence-corrected chi connectivity index (χ4v) is 1.96. The Morgan fingerprint density at radius 3 is 1.80 bits per heavy atom. The first kappa shape index (κ1) is 19.8. The first-order chi connectivity index (χ1) is 9.85. The molecule has 0 fully saturated rings. The Bertz CT molecular complexity index is 179. The summed E-state index contributed by atoms with van der Waals surface area (Å²) in [5, 5.41) is 3.48. The van der Waals surface area contributed by atoms with Crippen molar-refractivity contribution in [2.24, 2.45) is 0 Å². The minimum absolute atomic E-state index is 0.639. The molecule has 0 aromatic rings. The van der Waals surface area contributed by atoms with E-state index in [1.165, 1.54) is 19.3 Å². The summed E-state index contributed by atoms with van der Waals surface area (Å²) in [6.45, 7) is 12.0. The Morgan fingerprint density at radius 1 is 0.750 bits per heavy atom. The summed E-state index contributed by atoms with van der Waals surface area (Å²) in [4.78, 5) is 0. The molecule has 0 heterocycles. The number of hydrogen-bond donors (Lipinski definition) is 1. The number of unbranched alkanes of at least 4 members (excludes halogenated alkanes) is 1. The Kier molecular flexibility index (Phi) is 16.8. The third-order valence-electron chi connectivity index (χ3n) is 3.21. The Hall–Kier alpha value is -0.160. The lowest BCUT2D eigenvalue weighted by molar-refractivity contribution is 0.0132. The normalized spacial score (nSPS) is 12.8. The lowest BCUT2D eigenvalue weighted by Gasteiger charge is -2.15. The van der Waals surface area contributed by atoms with Gasteiger partial charge in [-0.15, -0.1) is 0 Å². The summed E-state index contributed by atoms with van der Waals surface area (Å²) >= 11 is 0. The number of nitrogens with one attached hydrogen (secondary N) is 1. The molecule has 1 unspecified atom stereocenters. The van der Waals surface area contributed by atoms with Crippen molar-refractivity contribution in [3.05, 3.63) is 0 Å². The highest BCUT2D eigenvalue weighted by molar-refractivity contribution is 4.63. The largest absolute Gasteiger partial charge is 0.379 e. The van der Waals surface area contributed by atoms with Crippen LogP contribution in [0.25, 0.3) is 0 Å². The quantitative estimate of drug-likeness (QED) is 0.443. The zero-order valence-corrected chi connectivity index (χ0v) is 13.8. The number of ether oxygens (including phenoxy) is 3. The van der Waals surface area contributed by atoms with Crippen LogP contribution in [0.2, 0.25) is 0 Å². The lowest BCUT2D eigenvalue weighted by Crippen LogP contribution is -2.28. The molecule has 0 radical (unpaired) electrons. The molecule has 0 spiro atoms. The monoisotopic (exact) mass is 289 g/mol. The second kappa shape index (κ2) is 16.9. The first-order valence-electron chi connectivity index (χ1n) is 8.31. The van der Waals surface area contributed by atoms with E-state index in [9.17, 15) is 0 Å². The molecule has 0 bridgehead atoms. The first-order valence-corrected chi connectivity index (χ1v) is 8.31. The topological polar surface area (TPSA) is 39.7 Å². The van der Waals surface area contributed by atoms with Crippen LogP contribution >= 0.6 is 0 Å². The van der Waals surface area contributed by atoms with Crippen molar-refractivity contribution in [3.63, 3.8) is 0 Å². The molecule has 0 aliphatic rings. The Balaban J connectivity index is 3.09. The smallest absolute Gasteiger partial charge is 0.0701 e. The average Bonchev–Trinajstić information content (AvgIpc) is 2.47. The summed E-state index contributed by atoms with van der Waals surface area (Å²) < 4.78 is 16.4. The summed E-state index contributed by atoms with van der Waals surface area (Å²) in [5.74, 6) is 0. The summed E-state index contributed by atoms with van der Waals surface area (Å²) in [6.07, 6.45) is 5.81. The van der Waals surface area contributed by atoms with E-state index in [0.717, 1.165) is 32.6 Å². The lowest BCUT2D eigenvalue weighted by atomic mass is 10.1. The van der Waals surface area contributed by atoms with Gasteiger partial charge in [-0.2, -0.15) is 0 Å². The van der Waals surface area contributed by atoms with Crippen LogP contribution in [0.15, 0.2) is 0 Å². The maximum absolute atomic E-state index is 5.56. The van der Waals surface area contributed by atoms with E-state index in [4.69, 9.17) is 14.2 Å². The van der Waals surface area contributed by atoms with Gasteiger partial charge in [0.05, 0.1) is 26.4 Å². The highest BCUT2D eigenvalue weighted by Crippen LogP contribution is 2.01. The Labute approximate surface area is 125 Å². The molecule has 122 valence electrons. The van der Waals surface area contributed by atoms with Crippen LogP contribution < -0.4 is 5.32 Å². The number of rotatable bonds is 16. The zero-order chi connectivity index (χ0) is 14.9. The molecule has 0 rings (SSSR count). The molecular weight excluding hydrogens is 254 g/mol. The van der Waals surface area contributed by atoms with E-state index in [1.807, 2.05) is 0 Å². The molecule has 20 heavy (non-hydrogen) atoms. The average molecular weight is 289 g/mol. The maximum Gasteiger partial charge on any atom is 0.0701 e. The van der Waals surface area contributed by atoms with Crippen LogP contribution in [0, 0.1) is 0 Å². The molecule has 1 N–H and O–H groups in total. The molecule has 0 aliphatic heterocycles. The molecule has 0 aromatic carbocycles. The van der Waals surface area contributed by atoms with Crippen molar-refractivity contribution < 1.29 is 14.2 Å². The van der Waals surface area contributed by atoms with E-state index in [2.05, 4.69) is 26.1 Å². The highest BCUT2D eigenvalue weighted by atomic mass is 16.5. The predicted octanol–water partition coefficient (Wildman–Crippen LogP) is 3.00. The molecule has 0 saturated carbocycles. The van der Waals surface area contributed by atoms with Gasteiger partial charge in [-0.05, 0) is 32.2 Å². The van der Waals surface area contributed by atoms with E-state index in [0.29, 0.717) is 32.5 Å². The second-order valence-electron chi connectivity index (χ2n) is 5.00. The van der Waals surface area contributed by atoms with Crippen LogP contribution in [0.1, 0.15) is 52.9 Å². The minimum atomic E-state index is 0.639. The van der Waals surface area contributed by atoms with Crippen LogP contribution in [0.4, 0.5) is 0 Å². The maximum atomic E-state index is 5.56. The zero-order valence-electron chi connectivity index (χ0n) is 13.8. The molecule has 4 nitrogen and oxygen atoms in total. The summed E-state index contributed by atoms with van der Waals surface area (Å²) in [5.41, 5.74) is 0. The van der Waals surface area contributed by atoms with Crippen molar-refractivity contribution in [1.29, 1.82) is 0 Å². The van der Waals surface area contributed by atoms with Crippen molar-refractivity contribution in [3.8, 4) is 0 Å². The molecule has 4 heteroatoms. The van der Waals surface area contributed by atoms with Crippen molar-refractivity contribution in [2.75, 3.05) is 46.2 Å². The number of hydrogen-bond acceptors (Lipinski definition) is 4. The van der Waals surface area contributed by atoms with Crippen LogP contribution in [0.3, 0.4) is 0 Å². The molecule has 0 amide bonds. The van der Waals surface area contributed by atoms with Gasteiger partial charge in [-0.3, -0.25) is 0 Å². The van der Waals surface area contributed by atoms with E-state index in [1.54, 1.807) is 0 Å². The minimum Gasteiger partial charge on any atom is -0.379 e. The molecule has 0 aromatic heterocycles. The van der Waals surface area contributed by atoms with Gasteiger partial charge in [-0.1, -0.05) is 27.2 Å². The van der Waals surface area contributed by atoms with Crippen LogP contribution in [-0.4, -0.2) is 52.2 Å². The molecule has 1 atom stereocenters. The van der Waals surface area contributed by atoms with Gasteiger partial charge in [0.15, 0.2) is 0 Å². The third kappa shape index (κ3) is 14.3. The van der Waals surface area contributed by atoms with Crippen molar-refractivity contribution in [2.45, 2.75) is 58.9 Å². The molecule has 0 aliphatic carbocycles. The standard InChI is InChI=1S/C16H35NO3/c1-4-7-10-18-12-14-20-15-13-19-11-8-9-16(5-2)17-6-3/h16-17H,4-15H2,1-3H3. The van der Waals surface area contributed by atoms with E-state index >= 15 is 0 Å². The van der Waals surface area contributed by atoms with Gasteiger partial charge in [0.1, 0.15) is 0 Å². The Morgan fingerprint density at radius 2 is 1.30 bits per heavy atom. The highest BCUT2D eigenvalue weighted by Gasteiger charge is 2.03. The van der Waals surface area contributed by atoms with Gasteiger partial charge in [0.2, 0.25) is 0 Å². The fourth-order valence-electron chi connectivity index (χ4n) is 1.96. The van der Waals surface area contributed by atoms with Gasteiger partial charge in [0, 0.05) is 19.3 Å². The van der Waals surface area contributed by atoms with E-state index < -0.39 is 0 Å². The van der Waals surface area contributed by atoms with Gasteiger partial charge in [-0.25, -0.2) is 0 Å². The van der Waals surface area contributed by atoms with Gasteiger partial charge >= 0.3 is 0 Å². The van der Waals surface area contributed by atoms with Crippen molar-refractivity contribution in [1.82, 2.24) is 5.32 Å². The predicted molar refractivity (Wildman–Crippen MR) is 84.4 cm³/mol. The SMILES string of the molecule is CCCCOCCOCCOCCCC(CC)NCC. The third-order valence-corrected chi connectivity index (χ3v) is 3.21. The van der Waals surface area contributed by atoms with E-state index in [-0.39, 0.29) is 0 Å². The summed E-state index contributed by atoms with van der Waals surface area (Å²) in [7, 11) is 0.